The SMILES string of the molecule is O=C(/C=C/c1ccc([N+](=O)[O-])cc1)OCc1ccc(F)cc1. The van der Waals surface area contributed by atoms with Crippen molar-refractivity contribution < 1.29 is 18.8 Å². The molecular formula is C16H12FNO4. The molecule has 0 saturated carbocycles. The summed E-state index contributed by atoms with van der Waals surface area (Å²) < 4.78 is 17.7. The second kappa shape index (κ2) is 7.12. The fourth-order valence-corrected chi connectivity index (χ4v) is 1.65. The monoisotopic (exact) mass is 301 g/mol. The van der Waals surface area contributed by atoms with Crippen LogP contribution in [-0.4, -0.2) is 10.9 Å². The van der Waals surface area contributed by atoms with Crippen LogP contribution >= 0.6 is 0 Å². The van der Waals surface area contributed by atoms with E-state index in [1.165, 1.54) is 60.7 Å². The van der Waals surface area contributed by atoms with E-state index in [1.807, 2.05) is 0 Å². The van der Waals surface area contributed by atoms with Crippen LogP contribution in [0.4, 0.5) is 10.1 Å². The Labute approximate surface area is 125 Å². The Kier molecular flexibility index (Phi) is 4.98. The van der Waals surface area contributed by atoms with Gasteiger partial charge in [0.2, 0.25) is 0 Å². The first-order valence-electron chi connectivity index (χ1n) is 6.38. The molecule has 2 aromatic rings. The van der Waals surface area contributed by atoms with Gasteiger partial charge in [-0.25, -0.2) is 9.18 Å². The molecule has 22 heavy (non-hydrogen) atoms. The molecule has 0 N–H and O–H groups in total. The third-order valence-electron chi connectivity index (χ3n) is 2.81. The van der Waals surface area contributed by atoms with Gasteiger partial charge in [-0.3, -0.25) is 10.1 Å². The molecule has 0 bridgehead atoms. The van der Waals surface area contributed by atoms with Crippen LogP contribution in [0.5, 0.6) is 0 Å². The second-order valence-corrected chi connectivity index (χ2v) is 4.42. The Balaban J connectivity index is 1.88. The van der Waals surface area contributed by atoms with E-state index in [0.29, 0.717) is 11.1 Å². The fraction of sp³-hybridized carbons (Fsp3) is 0.0625. The molecule has 112 valence electrons. The standard InChI is InChI=1S/C16H12FNO4/c17-14-6-1-13(2-7-14)11-22-16(19)10-5-12-3-8-15(9-4-12)18(20)21/h1-10H,11H2/b10-5+. The summed E-state index contributed by atoms with van der Waals surface area (Å²) in [6.07, 6.45) is 2.72. The average molecular weight is 301 g/mol. The van der Waals surface area contributed by atoms with Gasteiger partial charge in [0.05, 0.1) is 4.92 Å². The van der Waals surface area contributed by atoms with E-state index in [4.69, 9.17) is 4.74 Å². The molecule has 0 aliphatic heterocycles. The molecule has 5 nitrogen and oxygen atoms in total. The van der Waals surface area contributed by atoms with Crippen LogP contribution in [0.3, 0.4) is 0 Å². The zero-order valence-electron chi connectivity index (χ0n) is 11.4. The Hall–Kier alpha value is -3.02. The summed E-state index contributed by atoms with van der Waals surface area (Å²) >= 11 is 0. The molecular weight excluding hydrogens is 289 g/mol. The van der Waals surface area contributed by atoms with Gasteiger partial charge in [-0.1, -0.05) is 12.1 Å². The van der Waals surface area contributed by atoms with Crippen molar-refractivity contribution in [1.29, 1.82) is 0 Å². The molecule has 0 spiro atoms. The van der Waals surface area contributed by atoms with Crippen molar-refractivity contribution in [2.45, 2.75) is 6.61 Å². The molecule has 0 radical (unpaired) electrons. The first-order valence-corrected chi connectivity index (χ1v) is 6.38. The zero-order chi connectivity index (χ0) is 15.9. The predicted octanol–water partition coefficient (Wildman–Crippen LogP) is 3.49. The molecule has 0 aliphatic rings. The average Bonchev–Trinajstić information content (AvgIpc) is 2.52. The molecule has 0 heterocycles. The molecule has 0 saturated heterocycles. The number of hydrogen-bond donors (Lipinski definition) is 0. The highest BCUT2D eigenvalue weighted by Crippen LogP contribution is 2.13. The number of rotatable bonds is 5. The Morgan fingerprint density at radius 2 is 1.77 bits per heavy atom. The summed E-state index contributed by atoms with van der Waals surface area (Å²) in [5.41, 5.74) is 1.30. The number of carbonyl (C=O) groups is 1. The molecule has 2 rings (SSSR count). The van der Waals surface area contributed by atoms with Gasteiger partial charge < -0.3 is 4.74 Å². The van der Waals surface area contributed by atoms with Gasteiger partial charge in [-0.05, 0) is 41.5 Å². The van der Waals surface area contributed by atoms with Gasteiger partial charge in [0.15, 0.2) is 0 Å². The van der Waals surface area contributed by atoms with Crippen LogP contribution in [0.25, 0.3) is 6.08 Å². The van der Waals surface area contributed by atoms with E-state index in [1.54, 1.807) is 0 Å². The molecule has 0 atom stereocenters. The minimum absolute atomic E-state index is 0.0176. The first kappa shape index (κ1) is 15.4. The second-order valence-electron chi connectivity index (χ2n) is 4.42. The van der Waals surface area contributed by atoms with Crippen molar-refractivity contribution in [1.82, 2.24) is 0 Å². The third kappa shape index (κ3) is 4.52. The van der Waals surface area contributed by atoms with Crippen molar-refractivity contribution in [3.05, 3.63) is 81.7 Å². The van der Waals surface area contributed by atoms with Crippen LogP contribution < -0.4 is 0 Å². The molecule has 0 amide bonds. The topological polar surface area (TPSA) is 69.4 Å². The summed E-state index contributed by atoms with van der Waals surface area (Å²) in [7, 11) is 0. The van der Waals surface area contributed by atoms with Gasteiger partial charge in [0.1, 0.15) is 12.4 Å². The lowest BCUT2D eigenvalue weighted by Gasteiger charge is -2.02. The minimum Gasteiger partial charge on any atom is -0.458 e. The lowest BCUT2D eigenvalue weighted by atomic mass is 10.2. The maximum Gasteiger partial charge on any atom is 0.331 e. The molecule has 0 aliphatic carbocycles. The largest absolute Gasteiger partial charge is 0.458 e. The van der Waals surface area contributed by atoms with Crippen LogP contribution in [0.1, 0.15) is 11.1 Å². The summed E-state index contributed by atoms with van der Waals surface area (Å²) in [4.78, 5) is 21.6. The molecule has 0 unspecified atom stereocenters. The minimum atomic E-state index is -0.553. The highest BCUT2D eigenvalue weighted by Gasteiger charge is 2.03. The van der Waals surface area contributed by atoms with Crippen molar-refractivity contribution in [3.8, 4) is 0 Å². The van der Waals surface area contributed by atoms with Gasteiger partial charge in [-0.2, -0.15) is 0 Å². The summed E-state index contributed by atoms with van der Waals surface area (Å²) in [5.74, 6) is -0.907. The van der Waals surface area contributed by atoms with Crippen LogP contribution in [0.15, 0.2) is 54.6 Å². The fourth-order valence-electron chi connectivity index (χ4n) is 1.65. The van der Waals surface area contributed by atoms with Gasteiger partial charge in [-0.15, -0.1) is 0 Å². The number of benzene rings is 2. The number of halogens is 1. The molecule has 6 heteroatoms. The Morgan fingerprint density at radius 1 is 1.14 bits per heavy atom. The number of nitro benzene ring substituents is 1. The Morgan fingerprint density at radius 3 is 2.36 bits per heavy atom. The number of non-ortho nitro benzene ring substituents is 1. The van der Waals surface area contributed by atoms with E-state index in [2.05, 4.69) is 0 Å². The number of nitro groups is 1. The van der Waals surface area contributed by atoms with E-state index in [0.717, 1.165) is 0 Å². The van der Waals surface area contributed by atoms with Gasteiger partial charge >= 0.3 is 5.97 Å². The van der Waals surface area contributed by atoms with Crippen LogP contribution in [0, 0.1) is 15.9 Å². The molecule has 0 fully saturated rings. The molecule has 0 aromatic heterocycles. The summed E-state index contributed by atoms with van der Waals surface area (Å²) in [6.45, 7) is 0.0454. The third-order valence-corrected chi connectivity index (χ3v) is 2.81. The quantitative estimate of drug-likeness (QED) is 0.367. The van der Waals surface area contributed by atoms with Crippen molar-refractivity contribution in [2.24, 2.45) is 0 Å². The molecule has 2 aromatic carbocycles. The normalized spacial score (nSPS) is 10.6. The Bertz CT molecular complexity index is 693. The van der Waals surface area contributed by atoms with E-state index in [9.17, 15) is 19.3 Å². The number of nitrogens with zero attached hydrogens (tertiary/aromatic N) is 1. The highest BCUT2D eigenvalue weighted by molar-refractivity contribution is 5.87. The van der Waals surface area contributed by atoms with Gasteiger partial charge in [0.25, 0.3) is 5.69 Å². The first-order chi connectivity index (χ1) is 10.5. The van der Waals surface area contributed by atoms with E-state index < -0.39 is 10.9 Å². The van der Waals surface area contributed by atoms with E-state index >= 15 is 0 Å². The van der Waals surface area contributed by atoms with Crippen molar-refractivity contribution >= 4 is 17.7 Å². The maximum absolute atomic E-state index is 12.7. The summed E-state index contributed by atoms with van der Waals surface area (Å²) in [6, 6.07) is 11.4. The predicted molar refractivity (Wildman–Crippen MR) is 78.3 cm³/mol. The number of esters is 1. The van der Waals surface area contributed by atoms with Crippen LogP contribution in [0.2, 0.25) is 0 Å². The number of carbonyl (C=O) groups excluding carboxylic acids is 1. The zero-order valence-corrected chi connectivity index (χ0v) is 11.4. The van der Waals surface area contributed by atoms with Crippen LogP contribution in [-0.2, 0) is 16.1 Å². The summed E-state index contributed by atoms with van der Waals surface area (Å²) in [5, 5.41) is 10.5. The van der Waals surface area contributed by atoms with Crippen molar-refractivity contribution in [2.75, 3.05) is 0 Å². The lowest BCUT2D eigenvalue weighted by molar-refractivity contribution is -0.384. The van der Waals surface area contributed by atoms with Gasteiger partial charge in [0, 0.05) is 18.2 Å². The highest BCUT2D eigenvalue weighted by atomic mass is 19.1. The maximum atomic E-state index is 12.7. The van der Waals surface area contributed by atoms with Crippen molar-refractivity contribution in [3.63, 3.8) is 0 Å². The lowest BCUT2D eigenvalue weighted by Crippen LogP contribution is -2.00. The number of hydrogen-bond acceptors (Lipinski definition) is 4. The smallest absolute Gasteiger partial charge is 0.331 e. The number of ether oxygens (including phenoxy) is 1. The van der Waals surface area contributed by atoms with E-state index in [-0.39, 0.29) is 18.1 Å².